The molecule has 0 unspecified atom stereocenters. The number of hydrogen-bond acceptors (Lipinski definition) is 7. The normalized spacial score (nSPS) is 11.8. The highest BCUT2D eigenvalue weighted by molar-refractivity contribution is 7.90. The summed E-state index contributed by atoms with van der Waals surface area (Å²) in [5, 5.41) is 2.49. The van der Waals surface area contributed by atoms with Crippen LogP contribution in [-0.2, 0) is 35.5 Å². The first-order valence-corrected chi connectivity index (χ1v) is 14.1. The maximum atomic E-state index is 13.5. The first-order chi connectivity index (χ1) is 19.2. The van der Waals surface area contributed by atoms with E-state index in [-0.39, 0.29) is 45.9 Å². The molecular formula is C28H26F3N5O4S. The minimum Gasteiger partial charge on any atom is -0.384 e. The van der Waals surface area contributed by atoms with E-state index in [0.29, 0.717) is 16.8 Å². The molecule has 1 amide bonds. The highest BCUT2D eigenvalue weighted by Gasteiger charge is 2.36. The molecule has 0 aliphatic heterocycles. The van der Waals surface area contributed by atoms with Crippen molar-refractivity contribution < 1.29 is 26.4 Å². The molecule has 0 saturated carbocycles. The number of sulfone groups is 1. The Morgan fingerprint density at radius 3 is 2.54 bits per heavy atom. The Labute approximate surface area is 233 Å². The van der Waals surface area contributed by atoms with E-state index in [2.05, 4.69) is 15.3 Å². The minimum absolute atomic E-state index is 0.0626. The number of aryl methyl sites for hydroxylation is 1. The highest BCUT2D eigenvalue weighted by atomic mass is 32.2. The summed E-state index contributed by atoms with van der Waals surface area (Å²) in [5.74, 6) is -0.900. The fourth-order valence-corrected chi connectivity index (χ4v) is 5.31. The summed E-state index contributed by atoms with van der Waals surface area (Å²) in [6.45, 7) is 1.09. The topological polar surface area (TPSA) is 137 Å². The molecule has 0 saturated heterocycles. The molecule has 0 bridgehead atoms. The van der Waals surface area contributed by atoms with Gasteiger partial charge in [-0.25, -0.2) is 13.4 Å². The molecule has 0 aliphatic carbocycles. The zero-order chi connectivity index (χ0) is 29.9. The maximum absolute atomic E-state index is 13.5. The number of nitrogens with two attached hydrogens (primary N) is 1. The summed E-state index contributed by atoms with van der Waals surface area (Å²) < 4.78 is 66.9. The van der Waals surface area contributed by atoms with Gasteiger partial charge in [-0.3, -0.25) is 14.6 Å². The van der Waals surface area contributed by atoms with Crippen molar-refractivity contribution in [2.24, 2.45) is 0 Å². The first-order valence-electron chi connectivity index (χ1n) is 12.3. The molecule has 3 aromatic heterocycles. The zero-order valence-corrected chi connectivity index (χ0v) is 22.9. The number of nitrogen functional groups attached to an aromatic ring is 1. The Hall–Kier alpha value is -4.52. The third kappa shape index (κ3) is 7.17. The van der Waals surface area contributed by atoms with Crippen LogP contribution in [0.25, 0.3) is 0 Å². The summed E-state index contributed by atoms with van der Waals surface area (Å²) in [5.41, 5.74) is 5.73. The van der Waals surface area contributed by atoms with Gasteiger partial charge in [0.05, 0.1) is 11.4 Å². The molecule has 0 atom stereocenters. The molecule has 214 valence electrons. The van der Waals surface area contributed by atoms with Crippen LogP contribution in [-0.4, -0.2) is 35.1 Å². The maximum Gasteiger partial charge on any atom is 0.433 e. The van der Waals surface area contributed by atoms with Crippen LogP contribution in [0.5, 0.6) is 0 Å². The Morgan fingerprint density at radius 2 is 1.85 bits per heavy atom. The van der Waals surface area contributed by atoms with Gasteiger partial charge in [0.1, 0.15) is 5.82 Å². The fourth-order valence-electron chi connectivity index (χ4n) is 4.34. The molecular weight excluding hydrogens is 559 g/mol. The van der Waals surface area contributed by atoms with Gasteiger partial charge in [-0.2, -0.15) is 13.2 Å². The molecule has 4 aromatic rings. The van der Waals surface area contributed by atoms with Crippen LogP contribution in [0.4, 0.5) is 19.0 Å². The van der Waals surface area contributed by atoms with Crippen molar-refractivity contribution in [2.45, 2.75) is 37.5 Å². The Balaban J connectivity index is 1.54. The summed E-state index contributed by atoms with van der Waals surface area (Å²) in [7, 11) is -3.65. The van der Waals surface area contributed by atoms with Crippen LogP contribution < -0.4 is 16.6 Å². The van der Waals surface area contributed by atoms with Crippen molar-refractivity contribution in [1.29, 1.82) is 0 Å². The number of hydrogen-bond donors (Lipinski definition) is 2. The molecule has 0 radical (unpaired) electrons. The van der Waals surface area contributed by atoms with Crippen LogP contribution in [0.1, 0.15) is 44.0 Å². The molecule has 4 rings (SSSR count). The molecule has 0 spiro atoms. The van der Waals surface area contributed by atoms with E-state index in [1.165, 1.54) is 48.0 Å². The number of anilines is 1. The van der Waals surface area contributed by atoms with E-state index in [1.807, 2.05) is 0 Å². The average molecular weight is 586 g/mol. The number of rotatable bonds is 8. The largest absolute Gasteiger partial charge is 0.433 e. The monoisotopic (exact) mass is 585 g/mol. The molecule has 1 aromatic carbocycles. The predicted molar refractivity (Wildman–Crippen MR) is 146 cm³/mol. The van der Waals surface area contributed by atoms with Gasteiger partial charge in [-0.05, 0) is 53.9 Å². The van der Waals surface area contributed by atoms with E-state index in [1.54, 1.807) is 30.5 Å². The van der Waals surface area contributed by atoms with E-state index in [9.17, 15) is 31.2 Å². The molecule has 41 heavy (non-hydrogen) atoms. The minimum atomic E-state index is -4.75. The fraction of sp³-hybridized carbons (Fsp3) is 0.214. The highest BCUT2D eigenvalue weighted by Crippen LogP contribution is 2.32. The van der Waals surface area contributed by atoms with E-state index >= 15 is 0 Å². The van der Waals surface area contributed by atoms with Gasteiger partial charge in [0.15, 0.2) is 15.5 Å². The zero-order valence-electron chi connectivity index (χ0n) is 22.1. The second kappa shape index (κ2) is 11.5. The summed E-state index contributed by atoms with van der Waals surface area (Å²) in [6.07, 6.45) is -0.544. The average Bonchev–Trinajstić information content (AvgIpc) is 2.89. The van der Waals surface area contributed by atoms with Crippen LogP contribution in [0.2, 0.25) is 0 Å². The molecule has 3 heterocycles. The number of nitrogens with zero attached hydrogens (tertiary/aromatic N) is 3. The third-order valence-corrected chi connectivity index (χ3v) is 7.48. The number of pyridine rings is 3. The molecule has 3 N–H and O–H groups in total. The molecule has 13 heteroatoms. The Kier molecular flexibility index (Phi) is 8.29. The van der Waals surface area contributed by atoms with Gasteiger partial charge in [0.2, 0.25) is 0 Å². The van der Waals surface area contributed by atoms with Gasteiger partial charge in [0.25, 0.3) is 11.5 Å². The van der Waals surface area contributed by atoms with E-state index < -0.39 is 34.2 Å². The number of aromatic nitrogens is 3. The van der Waals surface area contributed by atoms with Crippen molar-refractivity contribution >= 4 is 21.6 Å². The number of alkyl halides is 3. The lowest BCUT2D eigenvalue weighted by molar-refractivity contribution is -0.141. The third-order valence-electron chi connectivity index (χ3n) is 6.30. The van der Waals surface area contributed by atoms with Gasteiger partial charge in [0, 0.05) is 54.5 Å². The number of halogens is 3. The lowest BCUT2D eigenvalue weighted by Crippen LogP contribution is -2.26. The van der Waals surface area contributed by atoms with Crippen molar-refractivity contribution in [3.63, 3.8) is 0 Å². The van der Waals surface area contributed by atoms with Crippen molar-refractivity contribution in [3.05, 3.63) is 117 Å². The van der Waals surface area contributed by atoms with Gasteiger partial charge >= 0.3 is 6.18 Å². The molecule has 0 fully saturated rings. The second-order valence-electron chi connectivity index (χ2n) is 9.47. The van der Waals surface area contributed by atoms with Gasteiger partial charge < -0.3 is 15.6 Å². The van der Waals surface area contributed by atoms with Crippen molar-refractivity contribution in [3.8, 4) is 0 Å². The summed E-state index contributed by atoms with van der Waals surface area (Å²) >= 11 is 0. The second-order valence-corrected chi connectivity index (χ2v) is 11.4. The van der Waals surface area contributed by atoms with Crippen LogP contribution >= 0.6 is 0 Å². The van der Waals surface area contributed by atoms with Crippen LogP contribution in [0, 0.1) is 6.92 Å². The first kappa shape index (κ1) is 29.5. The Morgan fingerprint density at radius 1 is 1.10 bits per heavy atom. The molecule has 0 aliphatic rings. The quantitative estimate of drug-likeness (QED) is 0.323. The summed E-state index contributed by atoms with van der Waals surface area (Å²) in [4.78, 5) is 32.7. The van der Waals surface area contributed by atoms with Crippen molar-refractivity contribution in [2.75, 3.05) is 12.0 Å². The van der Waals surface area contributed by atoms with Gasteiger partial charge in [-0.15, -0.1) is 0 Å². The van der Waals surface area contributed by atoms with Gasteiger partial charge in [-0.1, -0.05) is 18.2 Å². The SMILES string of the molecule is Cc1cc(N)nc(C(F)(F)F)c1CNC(=O)c1ccnc(Cc2ccc(Cn3ccccc3=O)c(S(C)(=O)=O)c2)c1. The van der Waals surface area contributed by atoms with Crippen LogP contribution in [0.3, 0.4) is 0 Å². The molecule has 9 nitrogen and oxygen atoms in total. The Bertz CT molecular complexity index is 1790. The summed E-state index contributed by atoms with van der Waals surface area (Å²) in [6, 6.07) is 13.7. The standard InChI is InChI=1S/C28H26F3N5O4S/c1-17-11-24(32)35-26(28(29,30)31)22(17)15-34-27(38)19-8-9-33-21(14-19)12-18-6-7-20(23(13-18)41(2,39)40)16-36-10-4-3-5-25(36)37/h3-11,13-14H,12,15-16H2,1-2H3,(H2,32,35)(H,34,38). The lowest BCUT2D eigenvalue weighted by Gasteiger charge is -2.16. The lowest BCUT2D eigenvalue weighted by atomic mass is 10.0. The number of benzene rings is 1. The van der Waals surface area contributed by atoms with Crippen molar-refractivity contribution in [1.82, 2.24) is 19.9 Å². The number of carbonyl (C=O) groups excluding carboxylic acids is 1. The van der Waals surface area contributed by atoms with E-state index in [4.69, 9.17) is 5.73 Å². The van der Waals surface area contributed by atoms with E-state index in [0.717, 1.165) is 6.26 Å². The number of carbonyl (C=O) groups is 1. The van der Waals surface area contributed by atoms with Crippen LogP contribution in [0.15, 0.2) is 76.7 Å². The number of nitrogens with one attached hydrogen (secondary N) is 1. The number of amides is 1. The predicted octanol–water partition coefficient (Wildman–Crippen LogP) is 3.52. The smallest absolute Gasteiger partial charge is 0.384 e.